The van der Waals surface area contributed by atoms with Crippen molar-refractivity contribution in [3.63, 3.8) is 0 Å². The fraction of sp³-hybridized carbons (Fsp3) is 0.643. The van der Waals surface area contributed by atoms with Gasteiger partial charge in [0.05, 0.1) is 12.7 Å². The molecule has 2 N–H and O–H groups in total. The third-order valence-corrected chi connectivity index (χ3v) is 3.05. The molecule has 0 radical (unpaired) electrons. The van der Waals surface area contributed by atoms with Crippen LogP contribution in [0, 0.1) is 0 Å². The molecule has 100 valence electrons. The number of hydrogen-bond donors (Lipinski definition) is 2. The maximum absolute atomic E-state index is 8.93. The maximum Gasteiger partial charge on any atom is 0.128 e. The molecule has 0 atom stereocenters. The molecule has 0 aromatic carbocycles. The number of nitrogens with one attached hydrogen (secondary N) is 1. The van der Waals surface area contributed by atoms with E-state index >= 15 is 0 Å². The Bertz CT molecular complexity index is 338. The Morgan fingerprint density at radius 2 is 2.06 bits per heavy atom. The van der Waals surface area contributed by atoms with Gasteiger partial charge in [0, 0.05) is 18.0 Å². The minimum atomic E-state index is -0.00407. The summed E-state index contributed by atoms with van der Waals surface area (Å²) in [5.41, 5.74) is 0.768. The Morgan fingerprint density at radius 3 is 2.56 bits per heavy atom. The topological polar surface area (TPSA) is 54.4 Å². The molecule has 1 aliphatic carbocycles. The van der Waals surface area contributed by atoms with Gasteiger partial charge >= 0.3 is 0 Å². The second-order valence-electron chi connectivity index (χ2n) is 4.77. The zero-order valence-corrected chi connectivity index (χ0v) is 10.8. The fourth-order valence-corrected chi connectivity index (χ4v) is 1.82. The van der Waals surface area contributed by atoms with Gasteiger partial charge in [-0.15, -0.1) is 0 Å². The molecule has 2 aliphatic rings. The molecule has 4 nitrogen and oxygen atoms in total. The van der Waals surface area contributed by atoms with E-state index in [0.29, 0.717) is 6.10 Å². The van der Waals surface area contributed by atoms with Crippen molar-refractivity contribution >= 4 is 0 Å². The summed E-state index contributed by atoms with van der Waals surface area (Å²) in [6, 6.07) is 1.80. The van der Waals surface area contributed by atoms with Crippen LogP contribution < -0.4 is 10.1 Å². The molecule has 0 amide bonds. The average Bonchev–Trinajstić information content (AvgIpc) is 3.26. The normalized spacial score (nSPS) is 18.7. The van der Waals surface area contributed by atoms with E-state index in [1.807, 2.05) is 0 Å². The largest absolute Gasteiger partial charge is 0.490 e. The number of aromatic nitrogens is 1. The number of piperidine rings is 1. The fourth-order valence-electron chi connectivity index (χ4n) is 1.82. The highest BCUT2D eigenvalue weighted by atomic mass is 16.5. The second kappa shape index (κ2) is 7.34. The molecule has 1 aromatic heterocycles. The quantitative estimate of drug-likeness (QED) is 0.860. The van der Waals surface area contributed by atoms with Gasteiger partial charge in [-0.2, -0.15) is 0 Å². The van der Waals surface area contributed by atoms with Crippen LogP contribution in [-0.4, -0.2) is 29.3 Å². The lowest BCUT2D eigenvalue weighted by Gasteiger charge is -2.08. The van der Waals surface area contributed by atoms with E-state index in [-0.39, 0.29) is 6.61 Å². The number of nitrogens with zero attached hydrogens (tertiary/aromatic N) is 1. The van der Waals surface area contributed by atoms with Gasteiger partial charge in [0.1, 0.15) is 5.75 Å². The third kappa shape index (κ3) is 4.63. The van der Waals surface area contributed by atoms with E-state index < -0.39 is 0 Å². The lowest BCUT2D eigenvalue weighted by Crippen LogP contribution is -2.21. The van der Waals surface area contributed by atoms with Crippen LogP contribution in [0.3, 0.4) is 0 Å². The van der Waals surface area contributed by atoms with E-state index in [9.17, 15) is 0 Å². The average molecular weight is 250 g/mol. The van der Waals surface area contributed by atoms with Gasteiger partial charge in [0.2, 0.25) is 0 Å². The number of pyridine rings is 1. The molecule has 0 bridgehead atoms. The van der Waals surface area contributed by atoms with E-state index in [0.717, 1.165) is 24.2 Å². The molecular formula is C14H22N2O2. The number of aliphatic hydroxyl groups excluding tert-OH is 1. The monoisotopic (exact) mass is 250 g/mol. The standard InChI is InChI=1S/C9H11NO2.C5H11N/c11-6-7-5-10-4-3-9(7)12-8-1-2-8;1-2-4-6-5-3-1/h3-5,8,11H,1-2,6H2;6H,1-5H2. The van der Waals surface area contributed by atoms with Crippen molar-refractivity contribution in [3.05, 3.63) is 24.0 Å². The Kier molecular flexibility index (Phi) is 5.42. The number of hydrogen-bond acceptors (Lipinski definition) is 4. The Hall–Kier alpha value is -1.13. The SMILES string of the molecule is C1CCNCC1.OCc1cnccc1OC1CC1. The van der Waals surface area contributed by atoms with Gasteiger partial charge in [-0.25, -0.2) is 0 Å². The number of ether oxygens (including phenoxy) is 1. The van der Waals surface area contributed by atoms with Crippen LogP contribution >= 0.6 is 0 Å². The van der Waals surface area contributed by atoms with Crippen molar-refractivity contribution in [3.8, 4) is 5.75 Å². The Labute approximate surface area is 108 Å². The molecular weight excluding hydrogens is 228 g/mol. The van der Waals surface area contributed by atoms with E-state index in [1.165, 1.54) is 32.4 Å². The lowest BCUT2D eigenvalue weighted by atomic mass is 10.2. The van der Waals surface area contributed by atoms with Crippen molar-refractivity contribution in [2.24, 2.45) is 0 Å². The van der Waals surface area contributed by atoms with Gasteiger partial charge in [-0.05, 0) is 44.8 Å². The summed E-state index contributed by atoms with van der Waals surface area (Å²) in [6.07, 6.45) is 10.2. The maximum atomic E-state index is 8.93. The van der Waals surface area contributed by atoms with Crippen LogP contribution in [-0.2, 0) is 6.61 Å². The van der Waals surface area contributed by atoms with Crippen molar-refractivity contribution in [1.29, 1.82) is 0 Å². The minimum Gasteiger partial charge on any atom is -0.490 e. The van der Waals surface area contributed by atoms with E-state index in [4.69, 9.17) is 9.84 Å². The highest BCUT2D eigenvalue weighted by Crippen LogP contribution is 2.28. The summed E-state index contributed by atoms with van der Waals surface area (Å²) in [5.74, 6) is 0.773. The zero-order chi connectivity index (χ0) is 12.6. The summed E-state index contributed by atoms with van der Waals surface area (Å²) in [7, 11) is 0. The van der Waals surface area contributed by atoms with E-state index in [1.54, 1.807) is 18.5 Å². The zero-order valence-electron chi connectivity index (χ0n) is 10.8. The van der Waals surface area contributed by atoms with Gasteiger partial charge in [0.25, 0.3) is 0 Å². The summed E-state index contributed by atoms with van der Waals surface area (Å²) in [6.45, 7) is 2.50. The van der Waals surface area contributed by atoms with Crippen LogP contribution in [0.4, 0.5) is 0 Å². The first kappa shape index (κ1) is 13.3. The molecule has 1 aromatic rings. The molecule has 2 fully saturated rings. The highest BCUT2D eigenvalue weighted by molar-refractivity contribution is 5.29. The van der Waals surface area contributed by atoms with Crippen molar-refractivity contribution in [2.45, 2.75) is 44.8 Å². The van der Waals surface area contributed by atoms with Crippen LogP contribution in [0.2, 0.25) is 0 Å². The molecule has 2 heterocycles. The van der Waals surface area contributed by atoms with Crippen molar-refractivity contribution in [2.75, 3.05) is 13.1 Å². The van der Waals surface area contributed by atoms with Gasteiger partial charge in [0.15, 0.2) is 0 Å². The number of rotatable bonds is 3. The summed E-state index contributed by atoms with van der Waals surface area (Å²) >= 11 is 0. The summed E-state index contributed by atoms with van der Waals surface area (Å²) in [5, 5.41) is 12.2. The second-order valence-corrected chi connectivity index (χ2v) is 4.77. The lowest BCUT2D eigenvalue weighted by molar-refractivity contribution is 0.257. The Balaban J connectivity index is 0.000000169. The molecule has 3 rings (SSSR count). The molecule has 0 unspecified atom stereocenters. The van der Waals surface area contributed by atoms with Gasteiger partial charge < -0.3 is 15.2 Å². The minimum absolute atomic E-state index is 0.00407. The van der Waals surface area contributed by atoms with Gasteiger partial charge in [-0.3, -0.25) is 4.98 Å². The van der Waals surface area contributed by atoms with Crippen LogP contribution in [0.1, 0.15) is 37.7 Å². The molecule has 1 aliphatic heterocycles. The molecule has 0 spiro atoms. The molecule has 1 saturated carbocycles. The van der Waals surface area contributed by atoms with Gasteiger partial charge in [-0.1, -0.05) is 6.42 Å². The van der Waals surface area contributed by atoms with Crippen LogP contribution in [0.25, 0.3) is 0 Å². The first-order valence-corrected chi connectivity index (χ1v) is 6.81. The van der Waals surface area contributed by atoms with Crippen LogP contribution in [0.5, 0.6) is 5.75 Å². The van der Waals surface area contributed by atoms with Crippen molar-refractivity contribution < 1.29 is 9.84 Å². The molecule has 1 saturated heterocycles. The first-order valence-electron chi connectivity index (χ1n) is 6.81. The molecule has 18 heavy (non-hydrogen) atoms. The predicted molar refractivity (Wildman–Crippen MR) is 70.5 cm³/mol. The third-order valence-electron chi connectivity index (χ3n) is 3.05. The summed E-state index contributed by atoms with van der Waals surface area (Å²) in [4.78, 5) is 3.90. The van der Waals surface area contributed by atoms with Crippen molar-refractivity contribution in [1.82, 2.24) is 10.3 Å². The summed E-state index contributed by atoms with van der Waals surface area (Å²) < 4.78 is 5.55. The van der Waals surface area contributed by atoms with E-state index in [2.05, 4.69) is 10.3 Å². The highest BCUT2D eigenvalue weighted by Gasteiger charge is 2.24. The smallest absolute Gasteiger partial charge is 0.128 e. The predicted octanol–water partition coefficient (Wildman–Crippen LogP) is 1.87. The number of aliphatic hydroxyl groups is 1. The Morgan fingerprint density at radius 1 is 1.28 bits per heavy atom. The van der Waals surface area contributed by atoms with Crippen LogP contribution in [0.15, 0.2) is 18.5 Å². The molecule has 4 heteroatoms. The first-order chi connectivity index (χ1) is 8.90.